The molecule has 12 nitrogen and oxygen atoms in total. The molecule has 0 spiro atoms. The molecular weight excluding hydrogens is 466 g/mol. The number of nitrogens with two attached hydrogens (primary N) is 2. The normalized spacial score (nSPS) is 13.2. The smallest absolute Gasteiger partial charge is 0.326 e. The van der Waals surface area contributed by atoms with E-state index < -0.39 is 54.3 Å². The van der Waals surface area contributed by atoms with Crippen molar-refractivity contribution in [1.29, 1.82) is 0 Å². The summed E-state index contributed by atoms with van der Waals surface area (Å²) >= 11 is 1.43. The molecule has 3 atom stereocenters. The van der Waals surface area contributed by atoms with Gasteiger partial charge in [-0.3, -0.25) is 19.2 Å². The number of carbonyl (C=O) groups is 5. The van der Waals surface area contributed by atoms with Crippen LogP contribution in [-0.2, 0) is 30.4 Å². The average Bonchev–Trinajstić information content (AvgIpc) is 2.79. The largest absolute Gasteiger partial charge is 0.508 e. The number of amides is 4. The lowest BCUT2D eigenvalue weighted by molar-refractivity contribution is -0.142. The summed E-state index contributed by atoms with van der Waals surface area (Å²) in [6, 6.07) is 2.63. The number of aliphatic carboxylic acids is 1. The minimum Gasteiger partial charge on any atom is -0.508 e. The third-order valence-corrected chi connectivity index (χ3v) is 5.36. The third kappa shape index (κ3) is 11.0. The zero-order chi connectivity index (χ0) is 25.7. The maximum atomic E-state index is 12.8. The molecule has 0 heterocycles. The molecule has 0 saturated heterocycles. The monoisotopic (exact) mass is 497 g/mol. The molecule has 0 saturated carbocycles. The Morgan fingerprint density at radius 3 is 2.21 bits per heavy atom. The van der Waals surface area contributed by atoms with Crippen molar-refractivity contribution in [3.63, 3.8) is 0 Å². The quantitative estimate of drug-likeness (QED) is 0.149. The Bertz CT molecular complexity index is 866. The van der Waals surface area contributed by atoms with Crippen LogP contribution < -0.4 is 27.4 Å². The molecule has 1 rings (SSSR count). The van der Waals surface area contributed by atoms with E-state index in [1.807, 2.05) is 6.26 Å². The van der Waals surface area contributed by atoms with E-state index in [0.717, 1.165) is 0 Å². The highest BCUT2D eigenvalue weighted by molar-refractivity contribution is 7.98. The molecule has 13 heteroatoms. The van der Waals surface area contributed by atoms with Crippen LogP contribution in [0, 0.1) is 0 Å². The number of primary amides is 1. The zero-order valence-corrected chi connectivity index (χ0v) is 19.6. The van der Waals surface area contributed by atoms with Crippen LogP contribution in [0.4, 0.5) is 0 Å². The number of hydrogen-bond donors (Lipinski definition) is 7. The maximum Gasteiger partial charge on any atom is 0.326 e. The van der Waals surface area contributed by atoms with Gasteiger partial charge in [0.1, 0.15) is 17.8 Å². The number of carboxylic acids is 1. The lowest BCUT2D eigenvalue weighted by atomic mass is 10.0. The summed E-state index contributed by atoms with van der Waals surface area (Å²) in [7, 11) is 0. The van der Waals surface area contributed by atoms with Crippen LogP contribution in [0.5, 0.6) is 5.75 Å². The summed E-state index contributed by atoms with van der Waals surface area (Å²) in [6.45, 7) is -0.489. The topological polar surface area (TPSA) is 214 Å². The van der Waals surface area contributed by atoms with Gasteiger partial charge in [-0.15, -0.1) is 0 Å². The fourth-order valence-corrected chi connectivity index (χ4v) is 3.29. The van der Waals surface area contributed by atoms with Crippen LogP contribution in [0.2, 0.25) is 0 Å². The van der Waals surface area contributed by atoms with Gasteiger partial charge in [0.05, 0.1) is 12.6 Å². The van der Waals surface area contributed by atoms with Gasteiger partial charge in [0.15, 0.2) is 0 Å². The molecule has 0 aliphatic carbocycles. The summed E-state index contributed by atoms with van der Waals surface area (Å²) in [5.41, 5.74) is 11.3. The van der Waals surface area contributed by atoms with E-state index in [1.54, 1.807) is 12.1 Å². The lowest BCUT2D eigenvalue weighted by Crippen LogP contribution is -2.54. The Hall–Kier alpha value is -3.32. The first-order valence-corrected chi connectivity index (χ1v) is 11.8. The summed E-state index contributed by atoms with van der Waals surface area (Å²) in [6.07, 6.45) is 1.95. The van der Waals surface area contributed by atoms with Gasteiger partial charge in [0.2, 0.25) is 23.6 Å². The number of benzene rings is 1. The molecule has 0 aliphatic rings. The number of hydrogen-bond acceptors (Lipinski definition) is 8. The Kier molecular flexibility index (Phi) is 12.5. The maximum absolute atomic E-state index is 12.8. The lowest BCUT2D eigenvalue weighted by Gasteiger charge is -2.22. The Labute approximate surface area is 201 Å². The van der Waals surface area contributed by atoms with Gasteiger partial charge >= 0.3 is 5.97 Å². The molecule has 1 aromatic carbocycles. The van der Waals surface area contributed by atoms with Crippen LogP contribution in [0.1, 0.15) is 24.8 Å². The molecule has 0 aromatic heterocycles. The van der Waals surface area contributed by atoms with E-state index >= 15 is 0 Å². The van der Waals surface area contributed by atoms with Crippen LogP contribution in [-0.4, -0.2) is 76.5 Å². The minimum absolute atomic E-state index is 0.0127. The van der Waals surface area contributed by atoms with Crippen molar-refractivity contribution in [2.45, 2.75) is 43.8 Å². The highest BCUT2D eigenvalue weighted by atomic mass is 32.2. The van der Waals surface area contributed by atoms with Gasteiger partial charge in [-0.2, -0.15) is 11.8 Å². The fourth-order valence-electron chi connectivity index (χ4n) is 2.82. The molecular formula is C21H31N5O7S. The molecule has 1 aromatic rings. The van der Waals surface area contributed by atoms with E-state index in [1.165, 1.54) is 23.9 Å². The summed E-state index contributed by atoms with van der Waals surface area (Å²) in [4.78, 5) is 59.5. The van der Waals surface area contributed by atoms with Gasteiger partial charge in [0.25, 0.3) is 0 Å². The zero-order valence-electron chi connectivity index (χ0n) is 18.8. The van der Waals surface area contributed by atoms with Gasteiger partial charge < -0.3 is 37.6 Å². The molecule has 0 aliphatic heterocycles. The second kappa shape index (κ2) is 14.8. The van der Waals surface area contributed by atoms with Gasteiger partial charge in [-0.25, -0.2) is 4.79 Å². The molecule has 9 N–H and O–H groups in total. The van der Waals surface area contributed by atoms with Crippen LogP contribution in [0.3, 0.4) is 0 Å². The predicted molar refractivity (Wildman–Crippen MR) is 126 cm³/mol. The van der Waals surface area contributed by atoms with Crippen molar-refractivity contribution in [3.8, 4) is 5.75 Å². The van der Waals surface area contributed by atoms with E-state index in [-0.39, 0.29) is 31.4 Å². The highest BCUT2D eigenvalue weighted by Gasteiger charge is 2.27. The second-order valence-corrected chi connectivity index (χ2v) is 8.49. The van der Waals surface area contributed by atoms with Crippen LogP contribution in [0.15, 0.2) is 24.3 Å². The standard InChI is InChI=1S/C21H31N5O7S/c1-34-9-8-15(21(32)33)26-20(31)16(10-12-2-4-13(27)5-3-12)25-18(29)11-24-19(30)14(22)6-7-17(23)28/h2-5,14-16,27H,6-11,22H2,1H3,(H2,23,28)(H,24,30)(H,25,29)(H,26,31)(H,32,33). The van der Waals surface area contributed by atoms with Crippen molar-refractivity contribution in [3.05, 3.63) is 29.8 Å². The molecule has 3 unspecified atom stereocenters. The second-order valence-electron chi connectivity index (χ2n) is 7.50. The number of aromatic hydroxyl groups is 1. The first-order chi connectivity index (χ1) is 16.0. The molecule has 34 heavy (non-hydrogen) atoms. The van der Waals surface area contributed by atoms with Crippen LogP contribution >= 0.6 is 11.8 Å². The first-order valence-electron chi connectivity index (χ1n) is 10.4. The number of phenols is 1. The highest BCUT2D eigenvalue weighted by Crippen LogP contribution is 2.12. The molecule has 188 valence electrons. The van der Waals surface area contributed by atoms with Gasteiger partial charge in [-0.05, 0) is 42.5 Å². The summed E-state index contributed by atoms with van der Waals surface area (Å²) < 4.78 is 0. The molecule has 0 fully saturated rings. The van der Waals surface area contributed by atoms with Crippen molar-refractivity contribution >= 4 is 41.4 Å². The van der Waals surface area contributed by atoms with Crippen molar-refractivity contribution in [2.24, 2.45) is 11.5 Å². The Morgan fingerprint density at radius 2 is 1.65 bits per heavy atom. The fraction of sp³-hybridized carbons (Fsp3) is 0.476. The van der Waals surface area contributed by atoms with Gasteiger partial charge in [0, 0.05) is 12.8 Å². The summed E-state index contributed by atoms with van der Waals surface area (Å²) in [5, 5.41) is 26.1. The van der Waals surface area contributed by atoms with E-state index in [4.69, 9.17) is 11.5 Å². The molecule has 0 bridgehead atoms. The number of carbonyl (C=O) groups excluding carboxylic acids is 4. The number of thioether (sulfide) groups is 1. The summed E-state index contributed by atoms with van der Waals surface area (Å²) in [5.74, 6) is -3.36. The number of carboxylic acid groups (broad SMARTS) is 1. The predicted octanol–water partition coefficient (Wildman–Crippen LogP) is -1.55. The number of rotatable bonds is 15. The Morgan fingerprint density at radius 1 is 1.00 bits per heavy atom. The average molecular weight is 498 g/mol. The molecule has 0 radical (unpaired) electrons. The van der Waals surface area contributed by atoms with Crippen LogP contribution in [0.25, 0.3) is 0 Å². The number of phenolic OH excluding ortho intramolecular Hbond substituents is 1. The Balaban J connectivity index is 2.83. The SMILES string of the molecule is CSCCC(NC(=O)C(Cc1ccc(O)cc1)NC(=O)CNC(=O)C(N)CCC(N)=O)C(=O)O. The van der Waals surface area contributed by atoms with Crippen molar-refractivity contribution < 1.29 is 34.2 Å². The first kappa shape index (κ1) is 28.7. The van der Waals surface area contributed by atoms with E-state index in [2.05, 4.69) is 16.0 Å². The van der Waals surface area contributed by atoms with Crippen molar-refractivity contribution in [1.82, 2.24) is 16.0 Å². The molecule has 4 amide bonds. The third-order valence-electron chi connectivity index (χ3n) is 4.71. The van der Waals surface area contributed by atoms with E-state index in [0.29, 0.717) is 11.3 Å². The van der Waals surface area contributed by atoms with E-state index in [9.17, 15) is 34.2 Å². The van der Waals surface area contributed by atoms with Gasteiger partial charge in [-0.1, -0.05) is 12.1 Å². The number of nitrogens with one attached hydrogen (secondary N) is 3. The van der Waals surface area contributed by atoms with Crippen molar-refractivity contribution in [2.75, 3.05) is 18.6 Å². The minimum atomic E-state index is -1.20.